The van der Waals surface area contributed by atoms with Gasteiger partial charge in [0.25, 0.3) is 0 Å². The van der Waals surface area contributed by atoms with E-state index in [9.17, 15) is 4.79 Å². The van der Waals surface area contributed by atoms with Crippen LogP contribution in [0.4, 0.5) is 5.13 Å². The van der Waals surface area contributed by atoms with Crippen molar-refractivity contribution in [1.82, 2.24) is 4.98 Å². The predicted octanol–water partition coefficient (Wildman–Crippen LogP) is 1.68. The first-order valence-electron chi connectivity index (χ1n) is 4.58. The average molecular weight is 230 g/mol. The van der Waals surface area contributed by atoms with Crippen molar-refractivity contribution in [2.45, 2.75) is 19.4 Å². The van der Waals surface area contributed by atoms with Crippen LogP contribution in [0.1, 0.15) is 23.0 Å². The number of nitrogens with one attached hydrogen (secondary N) is 1. The SMILES string of the molecule is COCCC(C)Nc1ncc(C(=O)O)s1. The molecule has 0 aromatic carbocycles. The summed E-state index contributed by atoms with van der Waals surface area (Å²) in [6.45, 7) is 2.67. The Kier molecular flexibility index (Phi) is 4.51. The Bertz CT molecular complexity index is 327. The van der Waals surface area contributed by atoms with Crippen LogP contribution in [-0.4, -0.2) is 35.8 Å². The molecule has 15 heavy (non-hydrogen) atoms. The van der Waals surface area contributed by atoms with Crippen LogP contribution in [0, 0.1) is 0 Å². The molecule has 0 amide bonds. The smallest absolute Gasteiger partial charge is 0.347 e. The van der Waals surface area contributed by atoms with E-state index >= 15 is 0 Å². The summed E-state index contributed by atoms with van der Waals surface area (Å²) in [6, 6.07) is 0.220. The number of nitrogens with zero attached hydrogens (tertiary/aromatic N) is 1. The highest BCUT2D eigenvalue weighted by molar-refractivity contribution is 7.17. The van der Waals surface area contributed by atoms with Crippen LogP contribution in [0.5, 0.6) is 0 Å². The van der Waals surface area contributed by atoms with Gasteiger partial charge in [-0.15, -0.1) is 0 Å². The highest BCUT2D eigenvalue weighted by Crippen LogP contribution is 2.19. The number of thiazole rings is 1. The number of aromatic carboxylic acids is 1. The van der Waals surface area contributed by atoms with Gasteiger partial charge in [-0.2, -0.15) is 0 Å². The molecule has 1 aromatic heterocycles. The number of hydrogen-bond acceptors (Lipinski definition) is 5. The molecular formula is C9H14N2O3S. The van der Waals surface area contributed by atoms with Gasteiger partial charge in [0.15, 0.2) is 5.13 Å². The summed E-state index contributed by atoms with van der Waals surface area (Å²) < 4.78 is 4.94. The maximum Gasteiger partial charge on any atom is 0.347 e. The van der Waals surface area contributed by atoms with E-state index in [1.165, 1.54) is 6.20 Å². The maximum absolute atomic E-state index is 10.6. The Hall–Kier alpha value is -1.14. The second-order valence-electron chi connectivity index (χ2n) is 3.16. The predicted molar refractivity (Wildman–Crippen MR) is 58.7 cm³/mol. The maximum atomic E-state index is 10.6. The van der Waals surface area contributed by atoms with Crippen molar-refractivity contribution in [2.75, 3.05) is 19.0 Å². The van der Waals surface area contributed by atoms with Crippen LogP contribution in [0.25, 0.3) is 0 Å². The zero-order valence-corrected chi connectivity index (χ0v) is 9.50. The van der Waals surface area contributed by atoms with E-state index < -0.39 is 5.97 Å². The molecule has 2 N–H and O–H groups in total. The minimum absolute atomic E-state index is 0.220. The molecule has 0 aliphatic carbocycles. The highest BCUT2D eigenvalue weighted by atomic mass is 32.1. The van der Waals surface area contributed by atoms with Gasteiger partial charge in [-0.3, -0.25) is 0 Å². The van der Waals surface area contributed by atoms with Crippen molar-refractivity contribution in [3.05, 3.63) is 11.1 Å². The third-order valence-corrected chi connectivity index (χ3v) is 2.76. The second kappa shape index (κ2) is 5.67. The molecule has 84 valence electrons. The summed E-state index contributed by atoms with van der Waals surface area (Å²) in [6.07, 6.45) is 2.22. The molecule has 1 rings (SSSR count). The quantitative estimate of drug-likeness (QED) is 0.778. The molecule has 0 fully saturated rings. The first kappa shape index (κ1) is 11.9. The lowest BCUT2D eigenvalue weighted by Crippen LogP contribution is -2.16. The molecular weight excluding hydrogens is 216 g/mol. The zero-order valence-electron chi connectivity index (χ0n) is 8.69. The molecule has 0 saturated carbocycles. The number of methoxy groups -OCH3 is 1. The van der Waals surface area contributed by atoms with E-state index in [4.69, 9.17) is 9.84 Å². The van der Waals surface area contributed by atoms with Gasteiger partial charge in [-0.25, -0.2) is 9.78 Å². The van der Waals surface area contributed by atoms with Crippen LogP contribution in [-0.2, 0) is 4.74 Å². The number of aromatic nitrogens is 1. The third kappa shape index (κ3) is 3.85. The number of carboxylic acid groups (broad SMARTS) is 1. The van der Waals surface area contributed by atoms with E-state index in [0.29, 0.717) is 11.7 Å². The van der Waals surface area contributed by atoms with Gasteiger partial charge in [0.1, 0.15) is 4.88 Å². The zero-order chi connectivity index (χ0) is 11.3. The molecule has 0 spiro atoms. The summed E-state index contributed by atoms with van der Waals surface area (Å²) in [5, 5.41) is 12.4. The van der Waals surface area contributed by atoms with Crippen molar-refractivity contribution >= 4 is 22.4 Å². The van der Waals surface area contributed by atoms with Gasteiger partial charge in [0.05, 0.1) is 6.20 Å². The molecule has 5 nitrogen and oxygen atoms in total. The molecule has 0 aliphatic heterocycles. The van der Waals surface area contributed by atoms with Gasteiger partial charge in [-0.1, -0.05) is 11.3 Å². The fourth-order valence-corrected chi connectivity index (χ4v) is 1.78. The molecule has 0 aliphatic rings. The number of anilines is 1. The molecule has 1 atom stereocenters. The molecule has 0 bridgehead atoms. The van der Waals surface area contributed by atoms with E-state index in [1.54, 1.807) is 7.11 Å². The number of ether oxygens (including phenoxy) is 1. The summed E-state index contributed by atoms with van der Waals surface area (Å²) in [4.78, 5) is 14.8. The lowest BCUT2D eigenvalue weighted by molar-refractivity contribution is 0.0702. The Morgan fingerprint density at radius 1 is 1.80 bits per heavy atom. The van der Waals surface area contributed by atoms with Crippen LogP contribution in [0.2, 0.25) is 0 Å². The van der Waals surface area contributed by atoms with E-state index in [0.717, 1.165) is 17.8 Å². The fraction of sp³-hybridized carbons (Fsp3) is 0.556. The van der Waals surface area contributed by atoms with Crippen LogP contribution < -0.4 is 5.32 Å². The van der Waals surface area contributed by atoms with Crippen LogP contribution >= 0.6 is 11.3 Å². The van der Waals surface area contributed by atoms with Gasteiger partial charge < -0.3 is 15.2 Å². The molecule has 1 heterocycles. The summed E-state index contributed by atoms with van der Waals surface area (Å²) in [5.41, 5.74) is 0. The standard InChI is InChI=1S/C9H14N2O3S/c1-6(3-4-14-2)11-9-10-5-7(15-9)8(12)13/h5-6H,3-4H2,1-2H3,(H,10,11)(H,12,13). The molecule has 6 heteroatoms. The molecule has 1 unspecified atom stereocenters. The Morgan fingerprint density at radius 2 is 2.53 bits per heavy atom. The average Bonchev–Trinajstić information content (AvgIpc) is 2.63. The van der Waals surface area contributed by atoms with E-state index in [2.05, 4.69) is 10.3 Å². The second-order valence-corrected chi connectivity index (χ2v) is 4.19. The largest absolute Gasteiger partial charge is 0.477 e. The molecule has 0 saturated heterocycles. The van der Waals surface area contributed by atoms with Crippen molar-refractivity contribution in [2.24, 2.45) is 0 Å². The third-order valence-electron chi connectivity index (χ3n) is 1.84. The lowest BCUT2D eigenvalue weighted by Gasteiger charge is -2.11. The Morgan fingerprint density at radius 3 is 3.07 bits per heavy atom. The first-order valence-corrected chi connectivity index (χ1v) is 5.39. The monoisotopic (exact) mass is 230 g/mol. The van der Waals surface area contributed by atoms with Crippen LogP contribution in [0.3, 0.4) is 0 Å². The van der Waals surface area contributed by atoms with Crippen molar-refractivity contribution in [3.63, 3.8) is 0 Å². The highest BCUT2D eigenvalue weighted by Gasteiger charge is 2.10. The summed E-state index contributed by atoms with van der Waals surface area (Å²) >= 11 is 1.14. The number of rotatable bonds is 6. The van der Waals surface area contributed by atoms with Crippen LogP contribution in [0.15, 0.2) is 6.20 Å². The Labute approximate surface area is 92.1 Å². The summed E-state index contributed by atoms with van der Waals surface area (Å²) in [7, 11) is 1.65. The molecule has 0 radical (unpaired) electrons. The topological polar surface area (TPSA) is 71.5 Å². The fourth-order valence-electron chi connectivity index (χ4n) is 1.02. The van der Waals surface area contributed by atoms with Gasteiger partial charge in [-0.05, 0) is 13.3 Å². The molecule has 1 aromatic rings. The minimum Gasteiger partial charge on any atom is -0.477 e. The number of carbonyl (C=O) groups is 1. The summed E-state index contributed by atoms with van der Waals surface area (Å²) in [5.74, 6) is -0.940. The van der Waals surface area contributed by atoms with Crippen molar-refractivity contribution < 1.29 is 14.6 Å². The normalized spacial score (nSPS) is 12.4. The Balaban J connectivity index is 2.46. The van der Waals surface area contributed by atoms with Gasteiger partial charge >= 0.3 is 5.97 Å². The lowest BCUT2D eigenvalue weighted by atomic mass is 10.2. The number of hydrogen-bond donors (Lipinski definition) is 2. The van der Waals surface area contributed by atoms with Crippen molar-refractivity contribution in [1.29, 1.82) is 0 Å². The van der Waals surface area contributed by atoms with Gasteiger partial charge in [0, 0.05) is 19.8 Å². The first-order chi connectivity index (χ1) is 7.13. The number of carboxylic acids is 1. The van der Waals surface area contributed by atoms with Crippen molar-refractivity contribution in [3.8, 4) is 0 Å². The van der Waals surface area contributed by atoms with Gasteiger partial charge in [0.2, 0.25) is 0 Å². The van der Waals surface area contributed by atoms with E-state index in [1.807, 2.05) is 6.92 Å². The van der Waals surface area contributed by atoms with E-state index in [-0.39, 0.29) is 10.9 Å². The minimum atomic E-state index is -0.940.